The molecule has 1 aliphatic rings. The second-order valence-corrected chi connectivity index (χ2v) is 6.78. The molecule has 3 atom stereocenters. The van der Waals surface area contributed by atoms with Gasteiger partial charge in [-0.1, -0.05) is 20.3 Å². The topological polar surface area (TPSA) is 55.1 Å². The highest BCUT2D eigenvalue weighted by atomic mass is 32.2. The third-order valence-corrected chi connectivity index (χ3v) is 5.79. The molecule has 1 rings (SSSR count). The fourth-order valence-electron chi connectivity index (χ4n) is 1.50. The van der Waals surface area contributed by atoms with E-state index in [1.54, 1.807) is 0 Å². The maximum absolute atomic E-state index is 11.7. The van der Waals surface area contributed by atoms with Gasteiger partial charge in [-0.05, 0) is 5.92 Å². The number of carbonyl (C=O) groups excluding carboxylic acids is 1. The van der Waals surface area contributed by atoms with E-state index in [1.165, 1.54) is 11.5 Å². The Morgan fingerprint density at radius 2 is 2.31 bits per heavy atom. The Balaban J connectivity index is 2.23. The molecule has 3 unspecified atom stereocenters. The van der Waals surface area contributed by atoms with E-state index in [9.17, 15) is 4.79 Å². The molecule has 0 aliphatic carbocycles. The van der Waals surface area contributed by atoms with Crippen LogP contribution in [-0.4, -0.2) is 41.0 Å². The minimum absolute atomic E-state index is 0.00511. The van der Waals surface area contributed by atoms with Crippen LogP contribution in [0.1, 0.15) is 20.3 Å². The van der Waals surface area contributed by atoms with E-state index in [4.69, 9.17) is 5.73 Å². The van der Waals surface area contributed by atoms with Gasteiger partial charge in [0.15, 0.2) is 0 Å². The number of carbonyl (C=O) groups is 1. The molecule has 3 nitrogen and oxygen atoms in total. The van der Waals surface area contributed by atoms with Crippen molar-refractivity contribution in [3.05, 3.63) is 0 Å². The Labute approximate surface area is 107 Å². The van der Waals surface area contributed by atoms with Crippen molar-refractivity contribution in [2.45, 2.75) is 31.6 Å². The average Bonchev–Trinajstić information content (AvgIpc) is 2.35. The van der Waals surface area contributed by atoms with Crippen molar-refractivity contribution in [1.29, 1.82) is 0 Å². The maximum atomic E-state index is 11.7. The van der Waals surface area contributed by atoms with E-state index in [0.717, 1.165) is 18.7 Å². The normalized spacial score (nSPS) is 24.8. The summed E-state index contributed by atoms with van der Waals surface area (Å²) in [5.41, 5.74) is 5.86. The van der Waals surface area contributed by atoms with Gasteiger partial charge < -0.3 is 11.1 Å². The first-order valence-electron chi connectivity index (χ1n) is 5.87. The Kier molecular flexibility index (Phi) is 6.61. The number of hydrogen-bond donors (Lipinski definition) is 2. The molecule has 0 radical (unpaired) electrons. The molecule has 0 saturated carbocycles. The Bertz CT molecular complexity index is 220. The second-order valence-electron chi connectivity index (χ2n) is 4.22. The highest BCUT2D eigenvalue weighted by Gasteiger charge is 2.21. The summed E-state index contributed by atoms with van der Waals surface area (Å²) in [6, 6.07) is -0.355. The van der Waals surface area contributed by atoms with Gasteiger partial charge in [0, 0.05) is 29.1 Å². The monoisotopic (exact) mass is 262 g/mol. The zero-order valence-corrected chi connectivity index (χ0v) is 11.7. The minimum atomic E-state index is -0.355. The van der Waals surface area contributed by atoms with Gasteiger partial charge in [0.2, 0.25) is 5.91 Å². The van der Waals surface area contributed by atoms with Gasteiger partial charge in [-0.2, -0.15) is 23.5 Å². The van der Waals surface area contributed by atoms with Crippen LogP contribution in [0.5, 0.6) is 0 Å². The standard InChI is InChI=1S/C11H22N2OS2/c1-3-8(2)10(12)11(14)13-6-9-7-15-4-5-16-9/h8-10H,3-7,12H2,1-2H3,(H,13,14). The number of rotatable bonds is 5. The first kappa shape index (κ1) is 14.2. The lowest BCUT2D eigenvalue weighted by molar-refractivity contribution is -0.123. The summed E-state index contributed by atoms with van der Waals surface area (Å²) in [7, 11) is 0. The second kappa shape index (κ2) is 7.45. The van der Waals surface area contributed by atoms with E-state index in [0.29, 0.717) is 5.25 Å². The molecule has 1 saturated heterocycles. The molecule has 0 bridgehead atoms. The molecular formula is C11H22N2OS2. The number of thioether (sulfide) groups is 2. The van der Waals surface area contributed by atoms with E-state index >= 15 is 0 Å². The number of hydrogen-bond acceptors (Lipinski definition) is 4. The largest absolute Gasteiger partial charge is 0.354 e. The third kappa shape index (κ3) is 4.55. The predicted molar refractivity (Wildman–Crippen MR) is 74.0 cm³/mol. The van der Waals surface area contributed by atoms with Gasteiger partial charge >= 0.3 is 0 Å². The van der Waals surface area contributed by atoms with Crippen molar-refractivity contribution in [1.82, 2.24) is 5.32 Å². The summed E-state index contributed by atoms with van der Waals surface area (Å²) in [6.07, 6.45) is 0.947. The number of amides is 1. The van der Waals surface area contributed by atoms with Gasteiger partial charge in [-0.15, -0.1) is 0 Å². The van der Waals surface area contributed by atoms with Gasteiger partial charge in [-0.3, -0.25) is 4.79 Å². The Morgan fingerprint density at radius 1 is 1.56 bits per heavy atom. The van der Waals surface area contributed by atoms with Crippen LogP contribution in [0.25, 0.3) is 0 Å². The summed E-state index contributed by atoms with van der Waals surface area (Å²) >= 11 is 3.93. The molecule has 0 aromatic carbocycles. The molecule has 3 N–H and O–H groups in total. The molecule has 0 spiro atoms. The van der Waals surface area contributed by atoms with Crippen LogP contribution >= 0.6 is 23.5 Å². The van der Waals surface area contributed by atoms with Crippen molar-refractivity contribution in [2.24, 2.45) is 11.7 Å². The fraction of sp³-hybridized carbons (Fsp3) is 0.909. The van der Waals surface area contributed by atoms with E-state index in [-0.39, 0.29) is 17.9 Å². The van der Waals surface area contributed by atoms with E-state index in [1.807, 2.05) is 30.4 Å². The van der Waals surface area contributed by atoms with Crippen LogP contribution in [0.2, 0.25) is 0 Å². The van der Waals surface area contributed by atoms with Crippen LogP contribution in [0, 0.1) is 5.92 Å². The Hall–Kier alpha value is 0.130. The first-order chi connectivity index (χ1) is 7.65. The summed E-state index contributed by atoms with van der Waals surface area (Å²) in [4.78, 5) is 11.7. The van der Waals surface area contributed by atoms with Gasteiger partial charge in [0.25, 0.3) is 0 Å². The lowest BCUT2D eigenvalue weighted by Crippen LogP contribution is -2.46. The maximum Gasteiger partial charge on any atom is 0.237 e. The summed E-state index contributed by atoms with van der Waals surface area (Å²) < 4.78 is 0. The lowest BCUT2D eigenvalue weighted by atomic mass is 9.99. The van der Waals surface area contributed by atoms with Crippen molar-refractivity contribution in [3.8, 4) is 0 Å². The molecule has 1 aliphatic heterocycles. The number of nitrogens with two attached hydrogens (primary N) is 1. The quantitative estimate of drug-likeness (QED) is 0.785. The molecule has 0 aromatic heterocycles. The third-order valence-electron chi connectivity index (χ3n) is 2.95. The smallest absolute Gasteiger partial charge is 0.237 e. The van der Waals surface area contributed by atoms with Crippen LogP contribution in [0.15, 0.2) is 0 Å². The molecule has 1 heterocycles. The summed E-state index contributed by atoms with van der Waals surface area (Å²) in [5.74, 6) is 3.84. The van der Waals surface area contributed by atoms with Gasteiger partial charge in [0.1, 0.15) is 0 Å². The fourth-order valence-corrected chi connectivity index (χ4v) is 4.11. The van der Waals surface area contributed by atoms with Crippen molar-refractivity contribution in [2.75, 3.05) is 23.8 Å². The zero-order valence-electron chi connectivity index (χ0n) is 10.1. The molecule has 1 fully saturated rings. The molecule has 0 aromatic rings. The highest BCUT2D eigenvalue weighted by molar-refractivity contribution is 8.06. The van der Waals surface area contributed by atoms with Crippen LogP contribution < -0.4 is 11.1 Å². The van der Waals surface area contributed by atoms with E-state index < -0.39 is 0 Å². The van der Waals surface area contributed by atoms with Crippen LogP contribution in [0.3, 0.4) is 0 Å². The predicted octanol–water partition coefficient (Wildman–Crippen LogP) is 1.32. The van der Waals surface area contributed by atoms with Crippen LogP contribution in [0.4, 0.5) is 0 Å². The molecule has 5 heteroatoms. The van der Waals surface area contributed by atoms with Crippen molar-refractivity contribution >= 4 is 29.4 Å². The molecule has 94 valence electrons. The molecule has 1 amide bonds. The molecular weight excluding hydrogens is 240 g/mol. The van der Waals surface area contributed by atoms with Crippen LogP contribution in [-0.2, 0) is 4.79 Å². The SMILES string of the molecule is CCC(C)C(N)C(=O)NCC1CSCCS1. The Morgan fingerprint density at radius 3 is 2.88 bits per heavy atom. The average molecular weight is 262 g/mol. The summed E-state index contributed by atoms with van der Waals surface area (Å²) in [6.45, 7) is 4.85. The van der Waals surface area contributed by atoms with Crippen molar-refractivity contribution in [3.63, 3.8) is 0 Å². The number of nitrogens with one attached hydrogen (secondary N) is 1. The van der Waals surface area contributed by atoms with Gasteiger partial charge in [-0.25, -0.2) is 0 Å². The minimum Gasteiger partial charge on any atom is -0.354 e. The first-order valence-corrected chi connectivity index (χ1v) is 8.08. The van der Waals surface area contributed by atoms with E-state index in [2.05, 4.69) is 12.2 Å². The van der Waals surface area contributed by atoms with Crippen molar-refractivity contribution < 1.29 is 4.79 Å². The highest BCUT2D eigenvalue weighted by Crippen LogP contribution is 2.23. The molecule has 16 heavy (non-hydrogen) atoms. The zero-order chi connectivity index (χ0) is 12.0. The summed E-state index contributed by atoms with van der Waals surface area (Å²) in [5, 5.41) is 3.53. The van der Waals surface area contributed by atoms with Gasteiger partial charge in [0.05, 0.1) is 6.04 Å². The lowest BCUT2D eigenvalue weighted by Gasteiger charge is -2.23.